The molecule has 2 atom stereocenters. The Morgan fingerprint density at radius 2 is 2.00 bits per heavy atom. The van der Waals surface area contributed by atoms with Gasteiger partial charge in [0.2, 0.25) is 0 Å². The van der Waals surface area contributed by atoms with E-state index in [9.17, 15) is 4.79 Å². The Bertz CT molecular complexity index is 333. The zero-order valence-corrected chi connectivity index (χ0v) is 13.2. The summed E-state index contributed by atoms with van der Waals surface area (Å²) in [7, 11) is 0. The van der Waals surface area contributed by atoms with E-state index >= 15 is 0 Å². The minimum absolute atomic E-state index is 0.271. The quantitative estimate of drug-likeness (QED) is 0.822. The predicted octanol–water partition coefficient (Wildman–Crippen LogP) is 1.58. The number of rotatable bonds is 4. The molecule has 0 radical (unpaired) electrons. The maximum absolute atomic E-state index is 11.6. The summed E-state index contributed by atoms with van der Waals surface area (Å²) in [6.07, 6.45) is 2.29. The van der Waals surface area contributed by atoms with Gasteiger partial charge in [-0.15, -0.1) is 0 Å². The Hall–Kier alpha value is -0.810. The molecule has 0 spiro atoms. The second-order valence-electron chi connectivity index (χ2n) is 7.20. The van der Waals surface area contributed by atoms with Gasteiger partial charge in [0, 0.05) is 25.2 Å². The highest BCUT2D eigenvalue weighted by Gasteiger charge is 2.34. The molecular weight excluding hydrogens is 254 g/mol. The summed E-state index contributed by atoms with van der Waals surface area (Å²) in [6, 6.07) is 0.848. The number of ether oxygens (including phenoxy) is 1. The van der Waals surface area contributed by atoms with E-state index in [1.807, 2.05) is 20.8 Å². The highest BCUT2D eigenvalue weighted by molar-refractivity contribution is 5.67. The van der Waals surface area contributed by atoms with Gasteiger partial charge >= 0.3 is 6.09 Å². The number of hydrogen-bond acceptors (Lipinski definition) is 4. The molecule has 1 amide bonds. The number of amides is 1. The lowest BCUT2D eigenvalue weighted by atomic mass is 9.84. The van der Waals surface area contributed by atoms with E-state index in [1.54, 1.807) is 0 Å². The summed E-state index contributed by atoms with van der Waals surface area (Å²) in [6.45, 7) is 12.0. The molecule has 20 heavy (non-hydrogen) atoms. The summed E-state index contributed by atoms with van der Waals surface area (Å²) in [5.41, 5.74) is -0.434. The molecule has 2 unspecified atom stereocenters. The van der Waals surface area contributed by atoms with Crippen LogP contribution in [-0.2, 0) is 4.74 Å². The lowest BCUT2D eigenvalue weighted by Gasteiger charge is -2.46. The van der Waals surface area contributed by atoms with Crippen molar-refractivity contribution < 1.29 is 9.53 Å². The molecule has 3 saturated heterocycles. The molecule has 2 N–H and O–H groups in total. The molecule has 5 nitrogen and oxygen atoms in total. The van der Waals surface area contributed by atoms with E-state index in [0.29, 0.717) is 12.6 Å². The number of fused-ring (bicyclic) bond motifs is 3. The molecule has 5 heteroatoms. The standard InChI is InChI=1S/C15H29N3O2/c1-11(9-16-14(19)20-15(2,3)4)17-13-10-18-7-5-12(13)6-8-18/h11-13,17H,5-10H2,1-4H3,(H,16,19). The lowest BCUT2D eigenvalue weighted by molar-refractivity contribution is 0.0506. The van der Waals surface area contributed by atoms with Crippen LogP contribution in [0.5, 0.6) is 0 Å². The fourth-order valence-electron chi connectivity index (χ4n) is 3.13. The van der Waals surface area contributed by atoms with Crippen molar-refractivity contribution in [2.75, 3.05) is 26.2 Å². The number of alkyl carbamates (subject to hydrolysis) is 1. The van der Waals surface area contributed by atoms with E-state index in [2.05, 4.69) is 22.5 Å². The third kappa shape index (κ3) is 4.63. The zero-order chi connectivity index (χ0) is 14.8. The van der Waals surface area contributed by atoms with Crippen molar-refractivity contribution >= 4 is 6.09 Å². The predicted molar refractivity (Wildman–Crippen MR) is 79.8 cm³/mol. The van der Waals surface area contributed by atoms with E-state index in [0.717, 1.165) is 12.5 Å². The van der Waals surface area contributed by atoms with Crippen LogP contribution in [0.3, 0.4) is 0 Å². The minimum atomic E-state index is -0.434. The summed E-state index contributed by atoms with van der Waals surface area (Å²) in [5.74, 6) is 0.809. The van der Waals surface area contributed by atoms with Crippen molar-refractivity contribution in [1.82, 2.24) is 15.5 Å². The van der Waals surface area contributed by atoms with Gasteiger partial charge in [-0.05, 0) is 59.5 Å². The molecular formula is C15H29N3O2. The Labute approximate surface area is 122 Å². The van der Waals surface area contributed by atoms with Gasteiger partial charge in [0.05, 0.1) is 0 Å². The Morgan fingerprint density at radius 3 is 2.50 bits per heavy atom. The molecule has 0 saturated carbocycles. The molecule has 0 aromatic rings. The molecule has 0 aromatic heterocycles. The first kappa shape index (κ1) is 15.6. The van der Waals surface area contributed by atoms with Crippen LogP contribution in [0.2, 0.25) is 0 Å². The van der Waals surface area contributed by atoms with Crippen molar-refractivity contribution in [2.45, 2.75) is 58.2 Å². The molecule has 0 aliphatic carbocycles. The maximum atomic E-state index is 11.6. The fraction of sp³-hybridized carbons (Fsp3) is 0.933. The number of carbonyl (C=O) groups is 1. The molecule has 3 aliphatic heterocycles. The second kappa shape index (κ2) is 6.31. The van der Waals surface area contributed by atoms with Crippen LogP contribution < -0.4 is 10.6 Å². The first-order chi connectivity index (χ1) is 9.33. The first-order valence-corrected chi connectivity index (χ1v) is 7.79. The second-order valence-corrected chi connectivity index (χ2v) is 7.20. The zero-order valence-electron chi connectivity index (χ0n) is 13.2. The monoisotopic (exact) mass is 283 g/mol. The van der Waals surface area contributed by atoms with E-state index in [-0.39, 0.29) is 12.1 Å². The third-order valence-electron chi connectivity index (χ3n) is 4.11. The highest BCUT2D eigenvalue weighted by Crippen LogP contribution is 2.27. The number of nitrogens with zero attached hydrogens (tertiary/aromatic N) is 1. The van der Waals surface area contributed by atoms with Gasteiger partial charge in [-0.1, -0.05) is 0 Å². The van der Waals surface area contributed by atoms with Crippen LogP contribution in [0, 0.1) is 5.92 Å². The Balaban J connectivity index is 1.68. The van der Waals surface area contributed by atoms with Gasteiger partial charge < -0.3 is 20.3 Å². The molecule has 116 valence electrons. The van der Waals surface area contributed by atoms with Gasteiger partial charge in [-0.3, -0.25) is 0 Å². The first-order valence-electron chi connectivity index (χ1n) is 7.79. The van der Waals surface area contributed by atoms with Gasteiger partial charge in [-0.25, -0.2) is 4.79 Å². The number of hydrogen-bond donors (Lipinski definition) is 2. The van der Waals surface area contributed by atoms with Crippen LogP contribution in [-0.4, -0.2) is 54.9 Å². The third-order valence-corrected chi connectivity index (χ3v) is 4.11. The fourth-order valence-corrected chi connectivity index (χ4v) is 3.13. The number of carbonyl (C=O) groups excluding carboxylic acids is 1. The lowest BCUT2D eigenvalue weighted by Crippen LogP contribution is -2.58. The van der Waals surface area contributed by atoms with Gasteiger partial charge in [-0.2, -0.15) is 0 Å². The summed E-state index contributed by atoms with van der Waals surface area (Å²) in [4.78, 5) is 14.1. The smallest absolute Gasteiger partial charge is 0.407 e. The van der Waals surface area contributed by atoms with Crippen molar-refractivity contribution in [2.24, 2.45) is 5.92 Å². The molecule has 3 heterocycles. The molecule has 2 bridgehead atoms. The average molecular weight is 283 g/mol. The molecule has 3 fully saturated rings. The average Bonchev–Trinajstić information content (AvgIpc) is 2.36. The summed E-state index contributed by atoms with van der Waals surface area (Å²) < 4.78 is 5.24. The normalized spacial score (nSPS) is 30.9. The van der Waals surface area contributed by atoms with Crippen LogP contribution in [0.15, 0.2) is 0 Å². The Kier molecular flexibility index (Phi) is 4.91. The minimum Gasteiger partial charge on any atom is -0.444 e. The van der Waals surface area contributed by atoms with Crippen molar-refractivity contribution in [1.29, 1.82) is 0 Å². The van der Waals surface area contributed by atoms with E-state index in [1.165, 1.54) is 25.9 Å². The largest absolute Gasteiger partial charge is 0.444 e. The van der Waals surface area contributed by atoms with Crippen molar-refractivity contribution in [3.05, 3.63) is 0 Å². The van der Waals surface area contributed by atoms with Gasteiger partial charge in [0.15, 0.2) is 0 Å². The Morgan fingerprint density at radius 1 is 1.35 bits per heavy atom. The van der Waals surface area contributed by atoms with Crippen LogP contribution in [0.25, 0.3) is 0 Å². The van der Waals surface area contributed by atoms with Gasteiger partial charge in [0.25, 0.3) is 0 Å². The van der Waals surface area contributed by atoms with E-state index < -0.39 is 5.60 Å². The summed E-state index contributed by atoms with van der Waals surface area (Å²) >= 11 is 0. The molecule has 3 aliphatic rings. The molecule has 0 aromatic carbocycles. The number of nitrogens with one attached hydrogen (secondary N) is 2. The number of piperidine rings is 3. The molecule has 3 rings (SSSR count). The topological polar surface area (TPSA) is 53.6 Å². The maximum Gasteiger partial charge on any atom is 0.407 e. The summed E-state index contributed by atoms with van der Waals surface area (Å²) in [5, 5.41) is 6.49. The van der Waals surface area contributed by atoms with Crippen LogP contribution >= 0.6 is 0 Å². The SMILES string of the molecule is CC(CNC(=O)OC(C)(C)C)NC1CN2CCC1CC2. The van der Waals surface area contributed by atoms with Crippen molar-refractivity contribution in [3.63, 3.8) is 0 Å². The van der Waals surface area contributed by atoms with Crippen molar-refractivity contribution in [3.8, 4) is 0 Å². The van der Waals surface area contributed by atoms with E-state index in [4.69, 9.17) is 4.74 Å². The van der Waals surface area contributed by atoms with Crippen LogP contribution in [0.4, 0.5) is 4.79 Å². The van der Waals surface area contributed by atoms with Gasteiger partial charge in [0.1, 0.15) is 5.60 Å². The van der Waals surface area contributed by atoms with Crippen LogP contribution in [0.1, 0.15) is 40.5 Å². The highest BCUT2D eigenvalue weighted by atomic mass is 16.6.